The van der Waals surface area contributed by atoms with E-state index in [0.29, 0.717) is 24.4 Å². The first-order valence-corrected chi connectivity index (χ1v) is 11.2. The van der Waals surface area contributed by atoms with Crippen LogP contribution in [0.3, 0.4) is 0 Å². The number of hydrogen-bond donors (Lipinski definition) is 3. The van der Waals surface area contributed by atoms with Crippen molar-refractivity contribution in [3.8, 4) is 12.3 Å². The fraction of sp³-hybridized carbons (Fsp3) is 0.636. The molecule has 3 atom stereocenters. The van der Waals surface area contributed by atoms with Gasteiger partial charge in [0.05, 0.1) is 24.3 Å². The number of rotatable bonds is 5. The molecule has 3 heterocycles. The summed E-state index contributed by atoms with van der Waals surface area (Å²) in [5.74, 6) is 0.723. The van der Waals surface area contributed by atoms with E-state index in [9.17, 15) is 13.2 Å². The fourth-order valence-electron chi connectivity index (χ4n) is 4.85. The van der Waals surface area contributed by atoms with Crippen molar-refractivity contribution in [2.75, 3.05) is 26.2 Å². The molecule has 0 bridgehead atoms. The minimum absolute atomic E-state index is 0.148. The summed E-state index contributed by atoms with van der Waals surface area (Å²) in [6.07, 6.45) is 8.67. The molecule has 2 fully saturated rings. The van der Waals surface area contributed by atoms with Crippen LogP contribution < -0.4 is 16.4 Å². The van der Waals surface area contributed by atoms with Crippen LogP contribution in [0, 0.1) is 18.3 Å². The molecule has 180 valence electrons. The molecule has 1 saturated carbocycles. The summed E-state index contributed by atoms with van der Waals surface area (Å²) < 4.78 is 56.6. The largest absolute Gasteiger partial charge is 0.421 e. The van der Waals surface area contributed by atoms with Crippen LogP contribution in [-0.4, -0.2) is 59.0 Å². The van der Waals surface area contributed by atoms with Crippen LogP contribution in [-0.2, 0) is 5.79 Å². The van der Waals surface area contributed by atoms with Crippen molar-refractivity contribution in [2.24, 2.45) is 16.6 Å². The Morgan fingerprint density at radius 1 is 1.30 bits per heavy atom. The van der Waals surface area contributed by atoms with Gasteiger partial charge in [0.15, 0.2) is 0 Å². The Hall–Kier alpha value is -2.58. The molecule has 33 heavy (non-hydrogen) atoms. The first-order valence-electron chi connectivity index (χ1n) is 11.2. The number of amidine groups is 1. The molecule has 0 amide bonds. The highest BCUT2D eigenvalue weighted by atomic mass is 19.4. The van der Waals surface area contributed by atoms with Gasteiger partial charge in [-0.25, -0.2) is 9.38 Å². The van der Waals surface area contributed by atoms with Crippen LogP contribution in [0.2, 0.25) is 0 Å². The Kier molecular flexibility index (Phi) is 6.68. The Morgan fingerprint density at radius 3 is 2.73 bits per heavy atom. The number of aromatic nitrogens is 2. The first kappa shape index (κ1) is 23.6. The van der Waals surface area contributed by atoms with Gasteiger partial charge in [-0.2, -0.15) is 18.3 Å². The maximum atomic E-state index is 15.0. The number of aliphatic imine (C=N–C) groups is 1. The van der Waals surface area contributed by atoms with Crippen molar-refractivity contribution >= 4 is 5.84 Å². The van der Waals surface area contributed by atoms with Gasteiger partial charge in [-0.15, -0.1) is 6.42 Å². The topological polar surface area (TPSA) is 83.5 Å². The van der Waals surface area contributed by atoms with E-state index >= 15 is 4.39 Å². The quantitative estimate of drug-likeness (QED) is 0.458. The predicted molar refractivity (Wildman–Crippen MR) is 117 cm³/mol. The van der Waals surface area contributed by atoms with Crippen molar-refractivity contribution in [3.63, 3.8) is 0 Å². The molecule has 0 spiro atoms. The lowest BCUT2D eigenvalue weighted by molar-refractivity contribution is -0.0872. The predicted octanol–water partition coefficient (Wildman–Crippen LogP) is 2.40. The molecule has 7 nitrogen and oxygen atoms in total. The minimum Gasteiger partial charge on any atom is -0.359 e. The monoisotopic (exact) mass is 467 g/mol. The number of nitrogens with two attached hydrogens (primary N) is 1. The zero-order valence-corrected chi connectivity index (χ0v) is 18.3. The summed E-state index contributed by atoms with van der Waals surface area (Å²) in [4.78, 5) is 6.24. The number of piperidine rings is 1. The van der Waals surface area contributed by atoms with Crippen molar-refractivity contribution in [1.29, 1.82) is 0 Å². The van der Waals surface area contributed by atoms with Gasteiger partial charge in [0.2, 0.25) is 5.79 Å². The number of hydrogen-bond acceptors (Lipinski definition) is 6. The number of nitrogens with one attached hydrogen (secondary N) is 2. The maximum Gasteiger partial charge on any atom is 0.421 e. The second-order valence-electron chi connectivity index (χ2n) is 8.98. The molecule has 3 aliphatic rings. The van der Waals surface area contributed by atoms with Gasteiger partial charge in [0, 0.05) is 32.0 Å². The van der Waals surface area contributed by atoms with Crippen LogP contribution in [0.4, 0.5) is 17.6 Å². The van der Waals surface area contributed by atoms with Crippen LogP contribution in [0.15, 0.2) is 29.2 Å². The van der Waals surface area contributed by atoms with Crippen molar-refractivity contribution in [3.05, 3.63) is 29.7 Å². The van der Waals surface area contributed by atoms with E-state index < -0.39 is 35.6 Å². The number of likely N-dealkylation sites (tertiary alicyclic amines) is 1. The zero-order valence-electron chi connectivity index (χ0n) is 18.3. The third-order valence-electron chi connectivity index (χ3n) is 6.61. The third-order valence-corrected chi connectivity index (χ3v) is 6.61. The van der Waals surface area contributed by atoms with Crippen molar-refractivity contribution in [2.45, 2.75) is 56.3 Å². The second-order valence-corrected chi connectivity index (χ2v) is 8.98. The first-order chi connectivity index (χ1) is 15.7. The van der Waals surface area contributed by atoms with Crippen LogP contribution in [0.1, 0.15) is 43.7 Å². The molecule has 11 heteroatoms. The van der Waals surface area contributed by atoms with E-state index in [4.69, 9.17) is 12.2 Å². The summed E-state index contributed by atoms with van der Waals surface area (Å²) >= 11 is 0. The molecule has 4 rings (SSSR count). The maximum absolute atomic E-state index is 15.0. The highest BCUT2D eigenvalue weighted by molar-refractivity contribution is 6.00. The summed E-state index contributed by atoms with van der Waals surface area (Å²) in [5, 5.41) is 9.26. The van der Waals surface area contributed by atoms with E-state index in [1.165, 1.54) is 36.6 Å². The van der Waals surface area contributed by atoms with Gasteiger partial charge >= 0.3 is 6.18 Å². The molecular weight excluding hydrogens is 438 g/mol. The lowest BCUT2D eigenvalue weighted by Gasteiger charge is -2.36. The molecule has 1 aromatic heterocycles. The number of terminal acetylenes is 1. The van der Waals surface area contributed by atoms with Gasteiger partial charge in [-0.3, -0.25) is 10.4 Å². The van der Waals surface area contributed by atoms with Gasteiger partial charge in [-0.1, -0.05) is 18.8 Å². The summed E-state index contributed by atoms with van der Waals surface area (Å²) in [6, 6.07) is -0.463. The van der Waals surface area contributed by atoms with E-state index in [2.05, 4.69) is 31.5 Å². The lowest BCUT2D eigenvalue weighted by atomic mass is 10.0. The Labute approximate surface area is 190 Å². The van der Waals surface area contributed by atoms with Crippen molar-refractivity contribution < 1.29 is 17.6 Å². The standard InChI is InChI=1S/C22H29F4N7/c1-2-8-28-20-17(21(24,25)26)11-29-22(27,31-20)16-10-30-33(13-16)19-7-9-32(14-18(19)23)12-15-5-3-4-6-15/h1,10-11,13,15,18-19,29H,3-9,12,14,27H2,(H,28,31)/t18-,19-,22?/m1/s1. The number of halogens is 4. The SMILES string of the molecule is C#CCNC1=NC(N)(c2cnn([C@@H]3CCN(CC4CCCC4)C[C@H]3F)c2)NC=C1C(F)(F)F. The number of nitrogens with zero attached hydrogens (tertiary/aromatic N) is 4. The Balaban J connectivity index is 1.47. The molecule has 1 aromatic rings. The average Bonchev–Trinajstić information content (AvgIpc) is 3.44. The van der Waals surface area contributed by atoms with Crippen molar-refractivity contribution in [1.82, 2.24) is 25.3 Å². The van der Waals surface area contributed by atoms with Gasteiger partial charge in [0.1, 0.15) is 17.6 Å². The molecule has 0 radical (unpaired) electrons. The van der Waals surface area contributed by atoms with Crippen LogP contribution in [0.5, 0.6) is 0 Å². The van der Waals surface area contributed by atoms with Gasteiger partial charge < -0.3 is 15.5 Å². The molecule has 0 aromatic carbocycles. The summed E-state index contributed by atoms with van der Waals surface area (Å²) in [7, 11) is 0. The minimum atomic E-state index is -4.65. The third kappa shape index (κ3) is 5.17. The molecule has 1 unspecified atom stereocenters. The number of alkyl halides is 4. The van der Waals surface area contributed by atoms with E-state index in [1.54, 1.807) is 6.20 Å². The van der Waals surface area contributed by atoms with E-state index in [-0.39, 0.29) is 6.54 Å². The highest BCUT2D eigenvalue weighted by Gasteiger charge is 2.43. The molecule has 1 saturated heterocycles. The highest BCUT2D eigenvalue weighted by Crippen LogP contribution is 2.33. The summed E-state index contributed by atoms with van der Waals surface area (Å²) in [6.45, 7) is 1.91. The molecule has 1 aliphatic carbocycles. The van der Waals surface area contributed by atoms with Gasteiger partial charge in [0.25, 0.3) is 0 Å². The second kappa shape index (κ2) is 9.35. The Bertz CT molecular complexity index is 941. The smallest absolute Gasteiger partial charge is 0.359 e. The molecular formula is C22H29F4N7. The summed E-state index contributed by atoms with van der Waals surface area (Å²) in [5.41, 5.74) is 5.59. The molecule has 4 N–H and O–H groups in total. The van der Waals surface area contributed by atoms with Crippen LogP contribution >= 0.6 is 0 Å². The fourth-order valence-corrected chi connectivity index (χ4v) is 4.85. The molecule has 2 aliphatic heterocycles. The van der Waals surface area contributed by atoms with Gasteiger partial charge in [-0.05, 0) is 25.2 Å². The Morgan fingerprint density at radius 2 is 2.06 bits per heavy atom. The van der Waals surface area contributed by atoms with E-state index in [1.807, 2.05) is 0 Å². The van der Waals surface area contributed by atoms with Crippen LogP contribution in [0.25, 0.3) is 0 Å². The van der Waals surface area contributed by atoms with E-state index in [0.717, 1.165) is 19.3 Å². The lowest BCUT2D eigenvalue weighted by Crippen LogP contribution is -2.52. The average molecular weight is 468 g/mol. The zero-order chi connectivity index (χ0) is 23.6. The normalized spacial score (nSPS) is 29.2.